The van der Waals surface area contributed by atoms with Crippen molar-refractivity contribution in [3.8, 4) is 11.5 Å². The van der Waals surface area contributed by atoms with Crippen molar-refractivity contribution in [1.82, 2.24) is 4.90 Å². The summed E-state index contributed by atoms with van der Waals surface area (Å²) in [5.74, 6) is 1.89. The van der Waals surface area contributed by atoms with Gasteiger partial charge in [0.1, 0.15) is 0 Å². The van der Waals surface area contributed by atoms with Gasteiger partial charge in [0.05, 0.1) is 12.3 Å². The Morgan fingerprint density at radius 3 is 2.71 bits per heavy atom. The summed E-state index contributed by atoms with van der Waals surface area (Å²) in [4.78, 5) is 20.4. The number of carbonyl (C=O) groups excluding carboxylic acids is 1. The van der Waals surface area contributed by atoms with Crippen LogP contribution in [0.25, 0.3) is 0 Å². The van der Waals surface area contributed by atoms with Gasteiger partial charge in [-0.3, -0.25) is 4.79 Å². The van der Waals surface area contributed by atoms with E-state index in [2.05, 4.69) is 17.3 Å². The van der Waals surface area contributed by atoms with Crippen LogP contribution in [0.2, 0.25) is 0 Å². The topological polar surface area (TPSA) is 60.4 Å². The first-order valence-electron chi connectivity index (χ1n) is 9.72. The molecule has 2 aromatic rings. The van der Waals surface area contributed by atoms with Gasteiger partial charge in [0, 0.05) is 24.4 Å². The second kappa shape index (κ2) is 7.19. The molecule has 1 unspecified atom stereocenters. The fourth-order valence-electron chi connectivity index (χ4n) is 3.64. The molecule has 2 aromatic carbocycles. The van der Waals surface area contributed by atoms with E-state index in [4.69, 9.17) is 14.3 Å². The van der Waals surface area contributed by atoms with Crippen LogP contribution in [-0.4, -0.2) is 36.0 Å². The Morgan fingerprint density at radius 1 is 1.07 bits per heavy atom. The van der Waals surface area contributed by atoms with Gasteiger partial charge in [-0.1, -0.05) is 35.5 Å². The molecule has 0 bridgehead atoms. The Balaban J connectivity index is 1.26. The highest BCUT2D eigenvalue weighted by Gasteiger charge is 2.35. The van der Waals surface area contributed by atoms with Crippen LogP contribution in [-0.2, 0) is 16.2 Å². The van der Waals surface area contributed by atoms with E-state index >= 15 is 0 Å². The quantitative estimate of drug-likeness (QED) is 0.773. The van der Waals surface area contributed by atoms with Crippen LogP contribution >= 0.6 is 0 Å². The van der Waals surface area contributed by atoms with Crippen molar-refractivity contribution in [1.29, 1.82) is 0 Å². The maximum absolute atomic E-state index is 12.8. The zero-order chi connectivity index (χ0) is 18.9. The molecular weight excluding hydrogens is 356 g/mol. The molecule has 0 aromatic heterocycles. The highest BCUT2D eigenvalue weighted by molar-refractivity contribution is 6.01. The van der Waals surface area contributed by atoms with Crippen LogP contribution in [0.4, 0.5) is 0 Å². The van der Waals surface area contributed by atoms with Gasteiger partial charge in [0.25, 0.3) is 0 Å². The maximum Gasteiger partial charge on any atom is 0.231 e. The first-order valence-corrected chi connectivity index (χ1v) is 9.72. The predicted octanol–water partition coefficient (Wildman–Crippen LogP) is 3.35. The highest BCUT2D eigenvalue weighted by Crippen LogP contribution is 2.34. The summed E-state index contributed by atoms with van der Waals surface area (Å²) in [5.41, 5.74) is 2.98. The molecule has 3 aliphatic rings. The van der Waals surface area contributed by atoms with Gasteiger partial charge in [0.15, 0.2) is 17.6 Å². The van der Waals surface area contributed by atoms with Crippen LogP contribution in [0.3, 0.4) is 0 Å². The van der Waals surface area contributed by atoms with Gasteiger partial charge in [-0.05, 0) is 36.6 Å². The fraction of sp³-hybridized carbons (Fsp3) is 0.364. The molecule has 2 heterocycles. The van der Waals surface area contributed by atoms with Crippen LogP contribution in [0.5, 0.6) is 11.5 Å². The van der Waals surface area contributed by atoms with Crippen molar-refractivity contribution in [2.75, 3.05) is 13.3 Å². The van der Waals surface area contributed by atoms with E-state index in [9.17, 15) is 4.79 Å². The second-order valence-corrected chi connectivity index (χ2v) is 7.52. The molecule has 5 rings (SSSR count). The molecule has 1 fully saturated rings. The van der Waals surface area contributed by atoms with Crippen molar-refractivity contribution in [3.05, 3.63) is 59.7 Å². The van der Waals surface area contributed by atoms with Crippen molar-refractivity contribution in [3.63, 3.8) is 0 Å². The molecule has 1 amide bonds. The molecule has 0 radical (unpaired) electrons. The van der Waals surface area contributed by atoms with Gasteiger partial charge in [-0.2, -0.15) is 0 Å². The number of carbonyl (C=O) groups is 1. The van der Waals surface area contributed by atoms with E-state index < -0.39 is 0 Å². The molecule has 144 valence electrons. The lowest BCUT2D eigenvalue weighted by atomic mass is 10.0. The SMILES string of the molecule is O=C(C1CC1)N(Cc1ccccc1)CC1CC(c2ccc3c(c2)OCO3)=NO1. The number of hydrogen-bond acceptors (Lipinski definition) is 5. The Hall–Kier alpha value is -3.02. The number of benzene rings is 2. The third kappa shape index (κ3) is 3.54. The molecule has 2 aliphatic heterocycles. The molecular formula is C22H22N2O4. The summed E-state index contributed by atoms with van der Waals surface area (Å²) in [5, 5.41) is 4.28. The molecule has 0 saturated heterocycles. The molecule has 6 heteroatoms. The number of fused-ring (bicyclic) bond motifs is 1. The summed E-state index contributed by atoms with van der Waals surface area (Å²) in [6.07, 6.45) is 2.53. The summed E-state index contributed by atoms with van der Waals surface area (Å²) in [6.45, 7) is 1.40. The average Bonchev–Trinajstić information content (AvgIpc) is 3.28. The third-order valence-electron chi connectivity index (χ3n) is 5.32. The lowest BCUT2D eigenvalue weighted by Gasteiger charge is -2.25. The van der Waals surface area contributed by atoms with E-state index in [0.29, 0.717) is 19.5 Å². The minimum atomic E-state index is -0.133. The minimum Gasteiger partial charge on any atom is -0.454 e. The summed E-state index contributed by atoms with van der Waals surface area (Å²) in [6, 6.07) is 15.9. The van der Waals surface area contributed by atoms with Crippen molar-refractivity contribution in [2.24, 2.45) is 11.1 Å². The number of oxime groups is 1. The molecule has 0 N–H and O–H groups in total. The largest absolute Gasteiger partial charge is 0.454 e. The summed E-state index contributed by atoms with van der Waals surface area (Å²) < 4.78 is 10.8. The highest BCUT2D eigenvalue weighted by atomic mass is 16.7. The first-order chi connectivity index (χ1) is 13.8. The van der Waals surface area contributed by atoms with Gasteiger partial charge in [-0.25, -0.2) is 0 Å². The fourth-order valence-corrected chi connectivity index (χ4v) is 3.64. The Kier molecular flexibility index (Phi) is 4.39. The van der Waals surface area contributed by atoms with E-state index in [0.717, 1.165) is 41.2 Å². The van der Waals surface area contributed by atoms with Crippen LogP contribution in [0.1, 0.15) is 30.4 Å². The van der Waals surface area contributed by atoms with E-state index in [1.54, 1.807) is 0 Å². The summed E-state index contributed by atoms with van der Waals surface area (Å²) >= 11 is 0. The smallest absolute Gasteiger partial charge is 0.231 e. The van der Waals surface area contributed by atoms with Gasteiger partial charge in [0.2, 0.25) is 12.7 Å². The molecule has 1 aliphatic carbocycles. The van der Waals surface area contributed by atoms with Crippen LogP contribution in [0, 0.1) is 5.92 Å². The Labute approximate surface area is 163 Å². The monoisotopic (exact) mass is 378 g/mol. The second-order valence-electron chi connectivity index (χ2n) is 7.52. The standard InChI is InChI=1S/C22H22N2O4/c25-22(16-6-7-16)24(12-15-4-2-1-3-5-15)13-18-11-19(23-28-18)17-8-9-20-21(10-17)27-14-26-20/h1-5,8-10,16,18H,6-7,11-14H2. The maximum atomic E-state index is 12.8. The van der Waals surface area contributed by atoms with Crippen LogP contribution in [0.15, 0.2) is 53.7 Å². The number of ether oxygens (including phenoxy) is 2. The number of amides is 1. The molecule has 1 saturated carbocycles. The molecule has 0 spiro atoms. The van der Waals surface area contributed by atoms with Crippen molar-refractivity contribution >= 4 is 11.6 Å². The van der Waals surface area contributed by atoms with E-state index in [-0.39, 0.29) is 24.7 Å². The zero-order valence-electron chi connectivity index (χ0n) is 15.5. The minimum absolute atomic E-state index is 0.133. The Morgan fingerprint density at radius 2 is 1.89 bits per heavy atom. The average molecular weight is 378 g/mol. The van der Waals surface area contributed by atoms with Crippen LogP contribution < -0.4 is 9.47 Å². The summed E-state index contributed by atoms with van der Waals surface area (Å²) in [7, 11) is 0. The van der Waals surface area contributed by atoms with E-state index in [1.165, 1.54) is 0 Å². The normalized spacial score (nSPS) is 19.9. The van der Waals surface area contributed by atoms with Crippen molar-refractivity contribution in [2.45, 2.75) is 31.9 Å². The Bertz CT molecular complexity index is 908. The van der Waals surface area contributed by atoms with E-state index in [1.807, 2.05) is 41.3 Å². The lowest BCUT2D eigenvalue weighted by Crippen LogP contribution is -2.38. The van der Waals surface area contributed by atoms with Gasteiger partial charge in [-0.15, -0.1) is 0 Å². The lowest BCUT2D eigenvalue weighted by molar-refractivity contribution is -0.135. The molecule has 28 heavy (non-hydrogen) atoms. The number of nitrogens with zero attached hydrogens (tertiary/aromatic N) is 2. The predicted molar refractivity (Wildman–Crippen MR) is 103 cm³/mol. The number of hydrogen-bond donors (Lipinski definition) is 0. The van der Waals surface area contributed by atoms with Gasteiger partial charge >= 0.3 is 0 Å². The van der Waals surface area contributed by atoms with Gasteiger partial charge < -0.3 is 19.2 Å². The first kappa shape index (κ1) is 17.1. The zero-order valence-corrected chi connectivity index (χ0v) is 15.5. The number of rotatable bonds is 6. The molecule has 1 atom stereocenters. The third-order valence-corrected chi connectivity index (χ3v) is 5.32. The van der Waals surface area contributed by atoms with Crippen molar-refractivity contribution < 1.29 is 19.1 Å². The molecule has 6 nitrogen and oxygen atoms in total.